The Bertz CT molecular complexity index is 4260. The Balaban J connectivity index is 0.000000240. The van der Waals surface area contributed by atoms with Crippen LogP contribution in [0.15, 0.2) is 180 Å². The van der Waals surface area contributed by atoms with E-state index < -0.39 is 42.4 Å². The average Bonchev–Trinajstić information content (AvgIpc) is 1.70. The summed E-state index contributed by atoms with van der Waals surface area (Å²) in [6.45, 7) is 17.1. The van der Waals surface area contributed by atoms with Gasteiger partial charge in [0.25, 0.3) is 0 Å². The highest BCUT2D eigenvalue weighted by Gasteiger charge is 2.28. The van der Waals surface area contributed by atoms with Gasteiger partial charge in [-0.3, -0.25) is 9.59 Å². The maximum Gasteiger partial charge on any atom is 0.484 e. The molecule has 10 rings (SSSR count). The first-order valence-electron chi connectivity index (χ1n) is 35.3. The number of nitrogens with one attached hydrogen (secondary N) is 2. The van der Waals surface area contributed by atoms with Gasteiger partial charge >= 0.3 is 19.3 Å². The number of hydrogen-bond donors (Lipinski definition) is 4. The number of likely N-dealkylation sites (N-methyl/N-ethyl adjacent to an activating group) is 2. The Hall–Kier alpha value is -9.46. The lowest BCUT2D eigenvalue weighted by Gasteiger charge is -2.26. The number of benzene rings is 6. The fraction of sp³-hybridized carbons (Fsp3) is 0.375. The second kappa shape index (κ2) is 38.9. The quantitative estimate of drug-likeness (QED) is 0.0251. The lowest BCUT2D eigenvalue weighted by molar-refractivity contribution is -0.116. The van der Waals surface area contributed by atoms with E-state index in [0.717, 1.165) is 77.3 Å². The third-order valence-electron chi connectivity index (χ3n) is 16.8. The molecule has 0 radical (unpaired) electrons. The predicted octanol–water partition coefficient (Wildman–Crippen LogP) is 15.6. The van der Waals surface area contributed by atoms with Crippen LogP contribution in [0.2, 0.25) is 0 Å². The SMILES string of the molecule is Brc1ccccc1.CC/C(=C(/c1ccc(OCCN(C/C=C/C(=O)NC)C(=O)OC(C)(C)C)cc1)c1ccc2c(c1)c(F)nn2C1CCCCO1)c1ccccc1.CC/C(B(O)O)=C(/c1ccc(OCCN(C/C=C/C(=O)NC)C(=O)OC(C)(C)C)cc1)c1ccc2c(c1)c(F)nn2C1CCCCO1. The normalized spacial score (nSPS) is 15.2. The molecule has 2 aliphatic rings. The number of nitrogens with zero attached hydrogens (tertiary/aromatic N) is 6. The number of fused-ring (bicyclic) bond motifs is 2. The molecule has 0 bridgehead atoms. The van der Waals surface area contributed by atoms with Crippen LogP contribution >= 0.6 is 15.9 Å². The highest BCUT2D eigenvalue weighted by Crippen LogP contribution is 2.39. The van der Waals surface area contributed by atoms with E-state index in [4.69, 9.17) is 28.4 Å². The number of ether oxygens (including phenoxy) is 6. The molecule has 552 valence electrons. The van der Waals surface area contributed by atoms with Gasteiger partial charge in [-0.15, -0.1) is 10.2 Å². The van der Waals surface area contributed by atoms with Crippen LogP contribution in [0.25, 0.3) is 38.5 Å². The van der Waals surface area contributed by atoms with Crippen LogP contribution in [0.5, 0.6) is 11.5 Å². The fourth-order valence-electron chi connectivity index (χ4n) is 11.8. The summed E-state index contributed by atoms with van der Waals surface area (Å²) < 4.78 is 69.8. The van der Waals surface area contributed by atoms with Crippen LogP contribution in [-0.2, 0) is 28.5 Å². The van der Waals surface area contributed by atoms with Gasteiger partial charge in [0.1, 0.15) is 35.9 Å². The van der Waals surface area contributed by atoms with E-state index in [1.165, 1.54) is 29.0 Å². The van der Waals surface area contributed by atoms with Crippen LogP contribution in [0, 0.1) is 11.9 Å². The minimum Gasteiger partial charge on any atom is -0.492 e. The summed E-state index contributed by atoms with van der Waals surface area (Å²) in [5.74, 6) is -0.519. The maximum atomic E-state index is 15.4. The van der Waals surface area contributed by atoms with Crippen molar-refractivity contribution in [2.75, 3.05) is 66.7 Å². The van der Waals surface area contributed by atoms with Gasteiger partial charge in [-0.25, -0.2) is 19.0 Å². The number of hydrogen-bond acceptors (Lipinski definition) is 14. The van der Waals surface area contributed by atoms with Crippen molar-refractivity contribution in [3.8, 4) is 11.5 Å². The molecule has 4 N–H and O–H groups in total. The lowest BCUT2D eigenvalue weighted by Crippen LogP contribution is -2.39. The van der Waals surface area contributed by atoms with Crippen LogP contribution in [0.1, 0.15) is 147 Å². The van der Waals surface area contributed by atoms with Crippen LogP contribution < -0.4 is 20.1 Å². The van der Waals surface area contributed by atoms with Crippen LogP contribution in [-0.4, -0.2) is 148 Å². The monoisotopic (exact) mass is 1490 g/mol. The number of halogens is 3. The molecular formula is C80H96BBrF2N8O12. The molecule has 0 saturated carbocycles. The van der Waals surface area contributed by atoms with Gasteiger partial charge in [0, 0.05) is 57.0 Å². The van der Waals surface area contributed by atoms with Gasteiger partial charge in [0.05, 0.1) is 34.9 Å². The van der Waals surface area contributed by atoms with Crippen LogP contribution in [0.4, 0.5) is 18.4 Å². The van der Waals surface area contributed by atoms with Crippen molar-refractivity contribution in [2.24, 2.45) is 0 Å². The van der Waals surface area contributed by atoms with Crippen molar-refractivity contribution in [3.63, 3.8) is 0 Å². The molecule has 20 nitrogen and oxygen atoms in total. The average molecular weight is 1490 g/mol. The molecule has 0 aliphatic carbocycles. The molecule has 2 aromatic heterocycles. The maximum absolute atomic E-state index is 15.4. The summed E-state index contributed by atoms with van der Waals surface area (Å²) in [7, 11) is 1.34. The summed E-state index contributed by atoms with van der Waals surface area (Å²) in [5, 5.41) is 34.8. The Morgan fingerprint density at radius 3 is 1.36 bits per heavy atom. The minimum absolute atomic E-state index is 0.148. The van der Waals surface area contributed by atoms with Gasteiger partial charge in [0.2, 0.25) is 23.7 Å². The van der Waals surface area contributed by atoms with E-state index in [0.29, 0.717) is 75.1 Å². The van der Waals surface area contributed by atoms with Gasteiger partial charge < -0.3 is 58.9 Å². The minimum atomic E-state index is -1.72. The first-order valence-corrected chi connectivity index (χ1v) is 36.0. The molecule has 2 unspecified atom stereocenters. The number of rotatable bonds is 24. The highest BCUT2D eigenvalue weighted by atomic mass is 79.9. The van der Waals surface area contributed by atoms with Crippen molar-refractivity contribution in [1.29, 1.82) is 0 Å². The van der Waals surface area contributed by atoms with E-state index in [-0.39, 0.29) is 63.7 Å². The third-order valence-corrected chi connectivity index (χ3v) is 17.3. The second-order valence-electron chi connectivity index (χ2n) is 26.7. The molecule has 4 amide bonds. The molecule has 2 aliphatic heterocycles. The van der Waals surface area contributed by atoms with Crippen molar-refractivity contribution >= 4 is 85.6 Å². The van der Waals surface area contributed by atoms with E-state index in [2.05, 4.69) is 55.8 Å². The van der Waals surface area contributed by atoms with E-state index in [1.807, 2.05) is 104 Å². The van der Waals surface area contributed by atoms with E-state index in [9.17, 15) is 29.2 Å². The first-order chi connectivity index (χ1) is 49.9. The smallest absolute Gasteiger partial charge is 0.484 e. The fourth-order valence-corrected chi connectivity index (χ4v) is 12.1. The molecule has 8 aromatic rings. The van der Waals surface area contributed by atoms with Gasteiger partial charge in [-0.1, -0.05) is 127 Å². The molecule has 6 aromatic carbocycles. The summed E-state index contributed by atoms with van der Waals surface area (Å²) in [4.78, 5) is 51.8. The number of aromatic nitrogens is 4. The largest absolute Gasteiger partial charge is 0.492 e. The zero-order valence-corrected chi connectivity index (χ0v) is 62.6. The number of carbonyl (C=O) groups is 4. The number of amides is 4. The third kappa shape index (κ3) is 23.3. The Morgan fingerprint density at radius 1 is 0.577 bits per heavy atom. The molecule has 24 heteroatoms. The lowest BCUT2D eigenvalue weighted by atomic mass is 9.71. The molecular weight excluding hydrogens is 1390 g/mol. The van der Waals surface area contributed by atoms with Gasteiger partial charge in [-0.2, -0.15) is 8.78 Å². The Kier molecular flexibility index (Phi) is 30.0. The Labute approximate surface area is 616 Å². The topological polar surface area (TPSA) is 230 Å². The molecule has 4 heterocycles. The zero-order valence-electron chi connectivity index (χ0n) is 61.0. The zero-order chi connectivity index (χ0) is 74.9. The van der Waals surface area contributed by atoms with Crippen molar-refractivity contribution in [2.45, 2.75) is 130 Å². The van der Waals surface area contributed by atoms with Crippen molar-refractivity contribution in [1.82, 2.24) is 40.0 Å². The highest BCUT2D eigenvalue weighted by molar-refractivity contribution is 9.10. The molecule has 0 spiro atoms. The van der Waals surface area contributed by atoms with E-state index >= 15 is 8.78 Å². The van der Waals surface area contributed by atoms with E-state index in [1.54, 1.807) is 107 Å². The molecule has 2 saturated heterocycles. The number of allylic oxidation sites excluding steroid dienone is 2. The summed E-state index contributed by atoms with van der Waals surface area (Å²) >= 11 is 3.31. The summed E-state index contributed by atoms with van der Waals surface area (Å²) in [5.41, 5.74) is 7.23. The summed E-state index contributed by atoms with van der Waals surface area (Å²) in [6, 6.07) is 46.2. The second-order valence-corrected chi connectivity index (χ2v) is 27.6. The van der Waals surface area contributed by atoms with Gasteiger partial charge in [0.15, 0.2) is 12.5 Å². The molecule has 104 heavy (non-hydrogen) atoms. The summed E-state index contributed by atoms with van der Waals surface area (Å²) in [6.07, 6.45) is 10.9. The molecule has 2 fully saturated rings. The van der Waals surface area contributed by atoms with Crippen molar-refractivity contribution in [3.05, 3.63) is 220 Å². The predicted molar refractivity (Wildman–Crippen MR) is 406 cm³/mol. The van der Waals surface area contributed by atoms with Crippen molar-refractivity contribution < 1.29 is 66.4 Å². The first kappa shape index (κ1) is 80.2. The number of carbonyl (C=O) groups excluding carboxylic acids is 4. The Morgan fingerprint density at radius 2 is 0.990 bits per heavy atom. The molecule has 2 atom stereocenters. The van der Waals surface area contributed by atoms with Gasteiger partial charge in [-0.05, 0) is 204 Å². The van der Waals surface area contributed by atoms with Crippen LogP contribution in [0.3, 0.4) is 0 Å². The standard InChI is InChI=1S/C40H47FN4O5.C34H44BFN4O7.C6H5Br/c1-6-32(28-13-8-7-9-14-28)37(30-19-22-34-33(27-30)38(41)43-45(34)36-16-10-11-25-49-36)29-17-20-31(21-18-29)48-26-24-44(23-12-15-35(46)42-5)39(47)50-40(2,3)4;1-6-27(35(43)44)31(24-14-17-28-26(22-24)32(36)38-40(28)30-11-7-8-20-46-30)23-12-15-25(16-13-23)45-21-19-39(18-9-10-29(41)37-5)33(42)47-34(2,3)4;7-6-4-2-1-3-5-6/h7-9,12-15,17-22,27,36H,6,10-11,16,23-26H2,1-5H3,(H,42,46);9-10,12-17,22,30,43-44H,6-8,11,18-21H2,1-5H3,(H,37,41);1-5H/b15-12+,37-32+;10-9+,31-27+;.